The number of anilines is 1. The van der Waals surface area contributed by atoms with Gasteiger partial charge >= 0.3 is 6.18 Å². The van der Waals surface area contributed by atoms with Gasteiger partial charge in [-0.1, -0.05) is 23.2 Å². The molecule has 2 aromatic rings. The van der Waals surface area contributed by atoms with Gasteiger partial charge in [-0.2, -0.15) is 18.3 Å². The van der Waals surface area contributed by atoms with Crippen molar-refractivity contribution in [2.24, 2.45) is 0 Å². The SMILES string of the molecule is COc1cc(N2CCN(C(C=O)n3nc(C(F)(F)F)c(Cl)c3C)C[C@@H]2CO)ccc1Cl. The number of benzene rings is 1. The summed E-state index contributed by atoms with van der Waals surface area (Å²) in [7, 11) is 1.49. The fourth-order valence-corrected chi connectivity index (χ4v) is 4.10. The number of carbonyl (C=O) groups is 1. The molecular formula is C19H21Cl2F3N4O3. The smallest absolute Gasteiger partial charge is 0.436 e. The Morgan fingerprint density at radius 1 is 1.35 bits per heavy atom. The monoisotopic (exact) mass is 480 g/mol. The topological polar surface area (TPSA) is 70.8 Å². The normalized spacial score (nSPS) is 18.8. The summed E-state index contributed by atoms with van der Waals surface area (Å²) in [5.74, 6) is 0.477. The zero-order valence-corrected chi connectivity index (χ0v) is 18.2. The lowest BCUT2D eigenvalue weighted by Gasteiger charge is -2.43. The first-order chi connectivity index (χ1) is 14.6. The number of ether oxygens (including phenoxy) is 1. The Morgan fingerprint density at radius 3 is 2.61 bits per heavy atom. The summed E-state index contributed by atoms with van der Waals surface area (Å²) in [6.45, 7) is 2.09. The zero-order chi connectivity index (χ0) is 22.9. The summed E-state index contributed by atoms with van der Waals surface area (Å²) in [4.78, 5) is 15.5. The molecule has 0 bridgehead atoms. The molecule has 31 heavy (non-hydrogen) atoms. The first-order valence-corrected chi connectivity index (χ1v) is 10.1. The van der Waals surface area contributed by atoms with Gasteiger partial charge in [0.1, 0.15) is 5.75 Å². The summed E-state index contributed by atoms with van der Waals surface area (Å²) in [5, 5.41) is 13.4. The van der Waals surface area contributed by atoms with E-state index in [4.69, 9.17) is 27.9 Å². The summed E-state index contributed by atoms with van der Waals surface area (Å²) in [6, 6.07) is 4.78. The van der Waals surface area contributed by atoms with E-state index in [1.807, 2.05) is 4.90 Å². The van der Waals surface area contributed by atoms with E-state index in [9.17, 15) is 23.1 Å². The van der Waals surface area contributed by atoms with Gasteiger partial charge in [0.2, 0.25) is 0 Å². The number of aldehydes is 1. The van der Waals surface area contributed by atoms with Gasteiger partial charge in [-0.05, 0) is 19.1 Å². The first kappa shape index (κ1) is 23.6. The zero-order valence-electron chi connectivity index (χ0n) is 16.7. The maximum absolute atomic E-state index is 13.2. The summed E-state index contributed by atoms with van der Waals surface area (Å²) in [6.07, 6.45) is -5.31. The van der Waals surface area contributed by atoms with Crippen LogP contribution < -0.4 is 9.64 Å². The summed E-state index contributed by atoms with van der Waals surface area (Å²) in [5.41, 5.74) is -0.430. The predicted molar refractivity (Wildman–Crippen MR) is 110 cm³/mol. The van der Waals surface area contributed by atoms with Crippen LogP contribution >= 0.6 is 23.2 Å². The number of aliphatic hydroxyl groups excluding tert-OH is 1. The van der Waals surface area contributed by atoms with Crippen molar-refractivity contribution in [3.8, 4) is 5.75 Å². The maximum atomic E-state index is 13.2. The average molecular weight is 481 g/mol. The van der Waals surface area contributed by atoms with Crippen LogP contribution in [0.15, 0.2) is 18.2 Å². The predicted octanol–water partition coefficient (Wildman–Crippen LogP) is 3.41. The Hall–Kier alpha value is -2.01. The number of piperazine rings is 1. The molecule has 0 amide bonds. The number of nitrogens with zero attached hydrogens (tertiary/aromatic N) is 4. The molecule has 12 heteroatoms. The fraction of sp³-hybridized carbons (Fsp3) is 0.474. The third-order valence-corrected chi connectivity index (χ3v) is 6.05. The second-order valence-electron chi connectivity index (χ2n) is 7.08. The number of alkyl halides is 3. The van der Waals surface area contributed by atoms with Gasteiger partial charge in [0.25, 0.3) is 0 Å². The third-order valence-electron chi connectivity index (χ3n) is 5.28. The van der Waals surface area contributed by atoms with E-state index in [1.165, 1.54) is 14.0 Å². The molecule has 3 rings (SSSR count). The second-order valence-corrected chi connectivity index (χ2v) is 7.87. The number of aliphatic hydroxyl groups is 1. The number of hydrogen-bond donors (Lipinski definition) is 1. The van der Waals surface area contributed by atoms with E-state index in [1.54, 1.807) is 23.1 Å². The highest BCUT2D eigenvalue weighted by Gasteiger charge is 2.40. The second kappa shape index (κ2) is 9.23. The molecule has 0 aliphatic carbocycles. The quantitative estimate of drug-likeness (QED) is 0.638. The van der Waals surface area contributed by atoms with Crippen LogP contribution in [-0.4, -0.2) is 65.5 Å². The van der Waals surface area contributed by atoms with E-state index >= 15 is 0 Å². The first-order valence-electron chi connectivity index (χ1n) is 9.34. The molecule has 0 spiro atoms. The summed E-state index contributed by atoms with van der Waals surface area (Å²) < 4.78 is 45.7. The number of hydrogen-bond acceptors (Lipinski definition) is 6. The molecule has 1 N–H and O–H groups in total. The molecule has 1 unspecified atom stereocenters. The standard InChI is InChI=1S/C19H21Cl2F3N4O3/c1-11-17(21)18(19(22,23)24)25-28(11)16(10-30)26-5-6-27(13(8-26)9-29)12-3-4-14(20)15(7-12)31-2/h3-4,7,10,13,16,29H,5-6,8-9H2,1-2H3/t13-,16?/m1/s1. The van der Waals surface area contributed by atoms with Gasteiger partial charge in [0.05, 0.1) is 35.5 Å². The molecule has 1 aliphatic heterocycles. The van der Waals surface area contributed by atoms with Gasteiger partial charge in [-0.15, -0.1) is 0 Å². The van der Waals surface area contributed by atoms with Crippen molar-refractivity contribution < 1.29 is 27.8 Å². The molecule has 1 aromatic carbocycles. The van der Waals surface area contributed by atoms with Crippen molar-refractivity contribution in [1.82, 2.24) is 14.7 Å². The molecule has 2 atom stereocenters. The molecular weight excluding hydrogens is 460 g/mol. The lowest BCUT2D eigenvalue weighted by molar-refractivity contribution is -0.142. The van der Waals surface area contributed by atoms with Gasteiger partial charge < -0.3 is 14.7 Å². The van der Waals surface area contributed by atoms with E-state index in [-0.39, 0.29) is 18.8 Å². The number of methoxy groups -OCH3 is 1. The molecule has 1 fully saturated rings. The van der Waals surface area contributed by atoms with Crippen molar-refractivity contribution >= 4 is 35.2 Å². The van der Waals surface area contributed by atoms with Crippen LogP contribution in [-0.2, 0) is 11.0 Å². The number of carbonyl (C=O) groups excluding carboxylic acids is 1. The van der Waals surface area contributed by atoms with Crippen LogP contribution in [0.1, 0.15) is 17.6 Å². The Morgan fingerprint density at radius 2 is 2.06 bits per heavy atom. The van der Waals surface area contributed by atoms with Gasteiger partial charge in [-0.3, -0.25) is 9.69 Å². The number of rotatable bonds is 6. The van der Waals surface area contributed by atoms with Crippen molar-refractivity contribution in [2.75, 3.05) is 38.3 Å². The maximum Gasteiger partial charge on any atom is 0.436 e. The molecule has 2 heterocycles. The van der Waals surface area contributed by atoms with Crippen LogP contribution in [0.5, 0.6) is 5.75 Å². The lowest BCUT2D eigenvalue weighted by atomic mass is 10.1. The Balaban J connectivity index is 1.86. The molecule has 0 saturated carbocycles. The van der Waals surface area contributed by atoms with E-state index in [0.29, 0.717) is 30.1 Å². The molecule has 1 aliphatic rings. The van der Waals surface area contributed by atoms with Crippen LogP contribution in [0.25, 0.3) is 0 Å². The highest BCUT2D eigenvalue weighted by molar-refractivity contribution is 6.32. The number of aromatic nitrogens is 2. The Bertz CT molecular complexity index is 954. The molecule has 1 aromatic heterocycles. The average Bonchev–Trinajstić information content (AvgIpc) is 3.04. The lowest BCUT2D eigenvalue weighted by Crippen LogP contribution is -2.56. The highest BCUT2D eigenvalue weighted by atomic mass is 35.5. The van der Waals surface area contributed by atoms with Crippen molar-refractivity contribution in [2.45, 2.75) is 25.3 Å². The molecule has 170 valence electrons. The minimum Gasteiger partial charge on any atom is -0.495 e. The van der Waals surface area contributed by atoms with E-state index < -0.39 is 29.1 Å². The van der Waals surface area contributed by atoms with E-state index in [2.05, 4.69) is 5.10 Å². The largest absolute Gasteiger partial charge is 0.495 e. The van der Waals surface area contributed by atoms with Crippen LogP contribution in [0.4, 0.5) is 18.9 Å². The van der Waals surface area contributed by atoms with Gasteiger partial charge in [0, 0.05) is 31.4 Å². The van der Waals surface area contributed by atoms with Crippen molar-refractivity contribution in [1.29, 1.82) is 0 Å². The highest BCUT2D eigenvalue weighted by Crippen LogP contribution is 2.37. The summed E-state index contributed by atoms with van der Waals surface area (Å²) >= 11 is 11.9. The Labute approximate surface area is 186 Å². The molecule has 7 nitrogen and oxygen atoms in total. The third kappa shape index (κ3) is 4.62. The molecule has 1 saturated heterocycles. The van der Waals surface area contributed by atoms with E-state index in [0.717, 1.165) is 10.4 Å². The minimum atomic E-state index is -4.74. The fourth-order valence-electron chi connectivity index (χ4n) is 3.68. The molecule has 0 radical (unpaired) electrons. The minimum absolute atomic E-state index is 0.0384. The van der Waals surface area contributed by atoms with Crippen LogP contribution in [0, 0.1) is 6.92 Å². The van der Waals surface area contributed by atoms with Crippen molar-refractivity contribution in [3.05, 3.63) is 39.6 Å². The van der Waals surface area contributed by atoms with Crippen LogP contribution in [0.2, 0.25) is 10.0 Å². The van der Waals surface area contributed by atoms with Crippen molar-refractivity contribution in [3.63, 3.8) is 0 Å². The van der Waals surface area contributed by atoms with Gasteiger partial charge in [0.15, 0.2) is 18.1 Å². The van der Waals surface area contributed by atoms with Crippen LogP contribution in [0.3, 0.4) is 0 Å². The van der Waals surface area contributed by atoms with Gasteiger partial charge in [-0.25, -0.2) is 4.68 Å². The Kier molecular flexibility index (Phi) is 7.04. The number of halogens is 5.